The van der Waals surface area contributed by atoms with E-state index in [1.807, 2.05) is 57.3 Å². The Balaban J connectivity index is 1.61. The minimum Gasteiger partial charge on any atom is -0.483 e. The summed E-state index contributed by atoms with van der Waals surface area (Å²) in [6.07, 6.45) is 1.77. The summed E-state index contributed by atoms with van der Waals surface area (Å²) >= 11 is 0. The van der Waals surface area contributed by atoms with Crippen molar-refractivity contribution < 1.29 is 9.53 Å². The molecule has 3 rings (SSSR count). The third-order valence-electron chi connectivity index (χ3n) is 5.18. The van der Waals surface area contributed by atoms with E-state index in [4.69, 9.17) is 9.72 Å². The molecule has 0 N–H and O–H groups in total. The molecule has 0 saturated heterocycles. The first-order chi connectivity index (χ1) is 13.5. The standard InChI is InChI=1S/C23H29N3O2/c1-5-14-26-20-11-7-6-10-19(20)24-22(26)13-15-25(4)23(27)16-28-21-12-8-9-17(2)18(21)3/h6-12H,5,13-16H2,1-4H3. The van der Waals surface area contributed by atoms with Gasteiger partial charge in [-0.05, 0) is 49.6 Å². The van der Waals surface area contributed by atoms with Gasteiger partial charge in [-0.15, -0.1) is 0 Å². The number of para-hydroxylation sites is 2. The van der Waals surface area contributed by atoms with Crippen molar-refractivity contribution in [1.82, 2.24) is 14.5 Å². The average Bonchev–Trinajstić information content (AvgIpc) is 3.05. The number of rotatable bonds is 8. The molecular weight excluding hydrogens is 350 g/mol. The molecule has 5 heteroatoms. The van der Waals surface area contributed by atoms with Crippen molar-refractivity contribution in [3.8, 4) is 5.75 Å². The van der Waals surface area contributed by atoms with Gasteiger partial charge in [0.05, 0.1) is 11.0 Å². The minimum absolute atomic E-state index is 0.0286. The van der Waals surface area contributed by atoms with Gasteiger partial charge in [-0.1, -0.05) is 31.2 Å². The van der Waals surface area contributed by atoms with Crippen LogP contribution >= 0.6 is 0 Å². The normalized spacial score (nSPS) is 11.0. The number of nitrogens with zero attached hydrogens (tertiary/aromatic N) is 3. The lowest BCUT2D eigenvalue weighted by molar-refractivity contribution is -0.132. The van der Waals surface area contributed by atoms with Crippen LogP contribution < -0.4 is 4.74 Å². The Morgan fingerprint density at radius 2 is 1.93 bits per heavy atom. The number of hydrogen-bond acceptors (Lipinski definition) is 3. The quantitative estimate of drug-likeness (QED) is 0.591. The fourth-order valence-electron chi connectivity index (χ4n) is 3.31. The van der Waals surface area contributed by atoms with Gasteiger partial charge in [-0.2, -0.15) is 0 Å². The van der Waals surface area contributed by atoms with E-state index in [-0.39, 0.29) is 12.5 Å². The molecule has 0 saturated carbocycles. The molecule has 28 heavy (non-hydrogen) atoms. The van der Waals surface area contributed by atoms with E-state index < -0.39 is 0 Å². The van der Waals surface area contributed by atoms with Crippen molar-refractivity contribution in [2.45, 2.75) is 40.2 Å². The molecule has 0 aliphatic carbocycles. The van der Waals surface area contributed by atoms with Crippen LogP contribution in [-0.2, 0) is 17.8 Å². The lowest BCUT2D eigenvalue weighted by Gasteiger charge is -2.18. The van der Waals surface area contributed by atoms with Crippen molar-refractivity contribution >= 4 is 16.9 Å². The maximum absolute atomic E-state index is 12.5. The van der Waals surface area contributed by atoms with E-state index in [0.717, 1.165) is 53.1 Å². The molecular formula is C23H29N3O2. The Bertz CT molecular complexity index is 962. The summed E-state index contributed by atoms with van der Waals surface area (Å²) in [7, 11) is 1.82. The molecule has 0 spiro atoms. The highest BCUT2D eigenvalue weighted by atomic mass is 16.5. The SMILES string of the molecule is CCCn1c(CCN(C)C(=O)COc2cccc(C)c2C)nc2ccccc21. The minimum atomic E-state index is -0.0286. The van der Waals surface area contributed by atoms with Gasteiger partial charge < -0.3 is 14.2 Å². The Morgan fingerprint density at radius 1 is 1.14 bits per heavy atom. The van der Waals surface area contributed by atoms with Gasteiger partial charge in [0.25, 0.3) is 5.91 Å². The summed E-state index contributed by atoms with van der Waals surface area (Å²) < 4.78 is 8.02. The van der Waals surface area contributed by atoms with Crippen LogP contribution in [0.1, 0.15) is 30.3 Å². The summed E-state index contributed by atoms with van der Waals surface area (Å²) in [4.78, 5) is 19.0. The number of hydrogen-bond donors (Lipinski definition) is 0. The van der Waals surface area contributed by atoms with Crippen molar-refractivity contribution in [1.29, 1.82) is 0 Å². The van der Waals surface area contributed by atoms with Crippen LogP contribution in [0.3, 0.4) is 0 Å². The fraction of sp³-hybridized carbons (Fsp3) is 0.391. The van der Waals surface area contributed by atoms with E-state index in [1.54, 1.807) is 4.90 Å². The van der Waals surface area contributed by atoms with Crippen LogP contribution in [0, 0.1) is 13.8 Å². The van der Waals surface area contributed by atoms with Crippen molar-refractivity contribution in [3.63, 3.8) is 0 Å². The predicted molar refractivity (Wildman–Crippen MR) is 113 cm³/mol. The number of aromatic nitrogens is 2. The highest BCUT2D eigenvalue weighted by molar-refractivity contribution is 5.78. The smallest absolute Gasteiger partial charge is 0.260 e. The second-order valence-corrected chi connectivity index (χ2v) is 7.22. The number of fused-ring (bicyclic) bond motifs is 1. The van der Waals surface area contributed by atoms with Gasteiger partial charge in [0, 0.05) is 26.6 Å². The summed E-state index contributed by atoms with van der Waals surface area (Å²) in [6.45, 7) is 7.81. The maximum Gasteiger partial charge on any atom is 0.260 e. The molecule has 2 aromatic carbocycles. The molecule has 0 bridgehead atoms. The molecule has 3 aromatic rings. The molecule has 0 aliphatic rings. The first-order valence-electron chi connectivity index (χ1n) is 9.88. The number of ether oxygens (including phenoxy) is 1. The molecule has 1 amide bonds. The van der Waals surface area contributed by atoms with Crippen molar-refractivity contribution in [2.24, 2.45) is 0 Å². The number of imidazole rings is 1. The summed E-state index contributed by atoms with van der Waals surface area (Å²) in [5, 5.41) is 0. The largest absolute Gasteiger partial charge is 0.483 e. The van der Waals surface area contributed by atoms with E-state index >= 15 is 0 Å². The lowest BCUT2D eigenvalue weighted by Crippen LogP contribution is -2.33. The highest BCUT2D eigenvalue weighted by Gasteiger charge is 2.14. The molecule has 5 nitrogen and oxygen atoms in total. The van der Waals surface area contributed by atoms with E-state index in [1.165, 1.54) is 0 Å². The molecule has 1 aromatic heterocycles. The van der Waals surface area contributed by atoms with Crippen LogP contribution in [0.2, 0.25) is 0 Å². The fourth-order valence-corrected chi connectivity index (χ4v) is 3.31. The molecule has 0 fully saturated rings. The first kappa shape index (κ1) is 19.9. The van der Waals surface area contributed by atoms with Crippen LogP contribution in [0.5, 0.6) is 5.75 Å². The van der Waals surface area contributed by atoms with Crippen LogP contribution in [0.4, 0.5) is 0 Å². The molecule has 0 atom stereocenters. The first-order valence-corrected chi connectivity index (χ1v) is 9.88. The molecule has 0 aliphatic heterocycles. The van der Waals surface area contributed by atoms with E-state index in [0.29, 0.717) is 6.54 Å². The van der Waals surface area contributed by atoms with Crippen LogP contribution in [0.15, 0.2) is 42.5 Å². The zero-order valence-electron chi connectivity index (χ0n) is 17.2. The number of likely N-dealkylation sites (N-methyl/N-ethyl adjacent to an activating group) is 1. The van der Waals surface area contributed by atoms with Gasteiger partial charge in [0.1, 0.15) is 11.6 Å². The molecule has 148 valence electrons. The van der Waals surface area contributed by atoms with Crippen LogP contribution in [-0.4, -0.2) is 40.6 Å². The Labute approximate surface area is 166 Å². The number of carbonyl (C=O) groups is 1. The maximum atomic E-state index is 12.5. The lowest BCUT2D eigenvalue weighted by atomic mass is 10.1. The Hall–Kier alpha value is -2.82. The second-order valence-electron chi connectivity index (χ2n) is 7.22. The van der Waals surface area contributed by atoms with Gasteiger partial charge in [0.2, 0.25) is 0 Å². The van der Waals surface area contributed by atoms with Gasteiger partial charge in [-0.3, -0.25) is 4.79 Å². The topological polar surface area (TPSA) is 47.4 Å². The van der Waals surface area contributed by atoms with E-state index in [2.05, 4.69) is 17.6 Å². The number of aryl methyl sites for hydroxylation is 2. The Kier molecular flexibility index (Phi) is 6.34. The highest BCUT2D eigenvalue weighted by Crippen LogP contribution is 2.20. The summed E-state index contributed by atoms with van der Waals surface area (Å²) in [6, 6.07) is 14.1. The molecule has 0 radical (unpaired) electrons. The zero-order chi connectivity index (χ0) is 20.1. The predicted octanol–water partition coefficient (Wildman–Crippen LogP) is 4.14. The second kappa shape index (κ2) is 8.91. The van der Waals surface area contributed by atoms with Crippen molar-refractivity contribution in [3.05, 3.63) is 59.4 Å². The monoisotopic (exact) mass is 379 g/mol. The van der Waals surface area contributed by atoms with Crippen LogP contribution in [0.25, 0.3) is 11.0 Å². The van der Waals surface area contributed by atoms with Gasteiger partial charge in [0.15, 0.2) is 6.61 Å². The number of benzene rings is 2. The van der Waals surface area contributed by atoms with Gasteiger partial charge in [-0.25, -0.2) is 4.98 Å². The average molecular weight is 380 g/mol. The molecule has 0 unspecified atom stereocenters. The third-order valence-corrected chi connectivity index (χ3v) is 5.18. The summed E-state index contributed by atoms with van der Waals surface area (Å²) in [5.41, 5.74) is 4.41. The van der Waals surface area contributed by atoms with Crippen molar-refractivity contribution in [2.75, 3.05) is 20.2 Å². The number of amides is 1. The summed E-state index contributed by atoms with van der Waals surface area (Å²) in [5.74, 6) is 1.77. The third kappa shape index (κ3) is 4.35. The van der Waals surface area contributed by atoms with Gasteiger partial charge >= 0.3 is 0 Å². The van der Waals surface area contributed by atoms with E-state index in [9.17, 15) is 4.79 Å². The number of carbonyl (C=O) groups excluding carboxylic acids is 1. The Morgan fingerprint density at radius 3 is 2.71 bits per heavy atom. The zero-order valence-corrected chi connectivity index (χ0v) is 17.2. The molecule has 1 heterocycles.